The number of hydrogen-bond acceptors (Lipinski definition) is 1. The van der Waals surface area contributed by atoms with Gasteiger partial charge in [-0.25, -0.2) is 4.79 Å². The minimum absolute atomic E-state index is 0.223. The van der Waals surface area contributed by atoms with Crippen molar-refractivity contribution in [2.75, 3.05) is 0 Å². The van der Waals surface area contributed by atoms with Crippen molar-refractivity contribution in [2.24, 2.45) is 0 Å². The molecule has 0 saturated heterocycles. The lowest BCUT2D eigenvalue weighted by Gasteiger charge is -2.33. The number of aliphatic carboxylic acids is 1. The summed E-state index contributed by atoms with van der Waals surface area (Å²) in [6.45, 7) is 8.91. The van der Waals surface area contributed by atoms with Crippen LogP contribution in [0.25, 0.3) is 5.57 Å². The normalized spacial score (nSPS) is 19.4. The summed E-state index contributed by atoms with van der Waals surface area (Å²) >= 11 is 0. The molecule has 1 N–H and O–H groups in total. The zero-order chi connectivity index (χ0) is 16.6. The smallest absolute Gasteiger partial charge is 0.331 e. The van der Waals surface area contributed by atoms with Crippen molar-refractivity contribution < 1.29 is 9.90 Å². The van der Waals surface area contributed by atoms with Crippen LogP contribution in [-0.2, 0) is 16.6 Å². The third kappa shape index (κ3) is 3.03. The lowest BCUT2D eigenvalue weighted by Crippen LogP contribution is -2.23. The lowest BCUT2D eigenvalue weighted by atomic mass is 9.72. The van der Waals surface area contributed by atoms with Crippen LogP contribution < -0.4 is 0 Å². The van der Waals surface area contributed by atoms with Gasteiger partial charge in [0.1, 0.15) is 0 Å². The molecule has 0 amide bonds. The van der Waals surface area contributed by atoms with Crippen LogP contribution in [0.15, 0.2) is 48.1 Å². The van der Waals surface area contributed by atoms with Gasteiger partial charge in [-0.2, -0.15) is 0 Å². The van der Waals surface area contributed by atoms with Gasteiger partial charge in [0.25, 0.3) is 0 Å². The van der Waals surface area contributed by atoms with Crippen LogP contribution in [0.2, 0.25) is 0 Å². The highest BCUT2D eigenvalue weighted by Crippen LogP contribution is 2.39. The van der Waals surface area contributed by atoms with Gasteiger partial charge in [0.2, 0.25) is 0 Å². The van der Waals surface area contributed by atoms with Crippen molar-refractivity contribution in [3.05, 3.63) is 64.8 Å². The fraction of sp³-hybridized carbons (Fsp3) is 0.381. The molecular weight excluding hydrogens is 284 g/mol. The summed E-state index contributed by atoms with van der Waals surface area (Å²) in [5.74, 6) is -0.818. The predicted octanol–water partition coefficient (Wildman–Crippen LogP) is 5.04. The van der Waals surface area contributed by atoms with Gasteiger partial charge in [0.15, 0.2) is 0 Å². The van der Waals surface area contributed by atoms with Crippen molar-refractivity contribution in [2.45, 2.75) is 51.4 Å². The summed E-state index contributed by atoms with van der Waals surface area (Å²) in [5, 5.41) is 9.05. The van der Waals surface area contributed by atoms with Crippen molar-refractivity contribution in [3.8, 4) is 0 Å². The van der Waals surface area contributed by atoms with Gasteiger partial charge in [-0.1, -0.05) is 50.8 Å². The molecule has 2 nitrogen and oxygen atoms in total. The first-order chi connectivity index (χ1) is 10.9. The van der Waals surface area contributed by atoms with E-state index in [1.807, 2.05) is 6.08 Å². The van der Waals surface area contributed by atoms with E-state index in [1.165, 1.54) is 30.4 Å². The van der Waals surface area contributed by atoms with E-state index in [2.05, 4.69) is 38.6 Å². The van der Waals surface area contributed by atoms with E-state index >= 15 is 0 Å². The predicted molar refractivity (Wildman–Crippen MR) is 94.5 cm³/mol. The summed E-state index contributed by atoms with van der Waals surface area (Å²) < 4.78 is 0. The Labute approximate surface area is 138 Å². The molecule has 0 radical (unpaired) electrons. The lowest BCUT2D eigenvalue weighted by molar-refractivity contribution is -0.132. The average Bonchev–Trinajstić information content (AvgIpc) is 2.54. The van der Waals surface area contributed by atoms with E-state index in [4.69, 9.17) is 5.11 Å². The second kappa shape index (κ2) is 5.84. The van der Waals surface area contributed by atoms with Crippen molar-refractivity contribution >= 4 is 11.5 Å². The number of carboxylic acid groups (broad SMARTS) is 1. The molecule has 0 saturated carbocycles. The van der Waals surface area contributed by atoms with Crippen molar-refractivity contribution in [1.82, 2.24) is 0 Å². The molecule has 0 atom stereocenters. The molecule has 0 aliphatic heterocycles. The highest BCUT2D eigenvalue weighted by Gasteiger charge is 2.27. The quantitative estimate of drug-likeness (QED) is 0.849. The molecule has 2 aliphatic rings. The SMILES string of the molecule is C=C(C1=CC=C(C(=O)O)CC1)c1ccc2c(c1)C(C)(C)CCC2. The highest BCUT2D eigenvalue weighted by atomic mass is 16.4. The van der Waals surface area contributed by atoms with Crippen LogP contribution in [-0.4, -0.2) is 11.1 Å². The third-order valence-corrected chi connectivity index (χ3v) is 5.25. The van der Waals surface area contributed by atoms with Gasteiger partial charge in [0, 0.05) is 5.57 Å². The Bertz CT molecular complexity index is 732. The number of aryl methyl sites for hydroxylation is 1. The molecular formula is C21H24O2. The van der Waals surface area contributed by atoms with E-state index in [0.717, 1.165) is 23.1 Å². The third-order valence-electron chi connectivity index (χ3n) is 5.25. The Morgan fingerprint density at radius 3 is 2.48 bits per heavy atom. The first kappa shape index (κ1) is 15.8. The molecule has 0 bridgehead atoms. The highest BCUT2D eigenvalue weighted by molar-refractivity contribution is 5.88. The Morgan fingerprint density at radius 2 is 1.83 bits per heavy atom. The molecule has 1 aromatic carbocycles. The summed E-state index contributed by atoms with van der Waals surface area (Å²) in [6.07, 6.45) is 8.61. The van der Waals surface area contributed by atoms with Crippen molar-refractivity contribution in [3.63, 3.8) is 0 Å². The first-order valence-electron chi connectivity index (χ1n) is 8.34. The fourth-order valence-corrected chi connectivity index (χ4v) is 3.72. The van der Waals surface area contributed by atoms with Crippen LogP contribution in [0.1, 0.15) is 56.2 Å². The van der Waals surface area contributed by atoms with E-state index < -0.39 is 5.97 Å². The van der Waals surface area contributed by atoms with E-state index in [-0.39, 0.29) is 5.41 Å². The van der Waals surface area contributed by atoms with Crippen LogP contribution in [0.3, 0.4) is 0 Å². The van der Waals surface area contributed by atoms with Crippen LogP contribution in [0, 0.1) is 0 Å². The van der Waals surface area contributed by atoms with E-state index in [9.17, 15) is 4.79 Å². The molecule has 2 aliphatic carbocycles. The molecule has 0 fully saturated rings. The molecule has 0 heterocycles. The monoisotopic (exact) mass is 308 g/mol. The minimum Gasteiger partial charge on any atom is -0.478 e. The van der Waals surface area contributed by atoms with Gasteiger partial charge < -0.3 is 5.11 Å². The maximum atomic E-state index is 11.0. The van der Waals surface area contributed by atoms with Crippen molar-refractivity contribution in [1.29, 1.82) is 0 Å². The van der Waals surface area contributed by atoms with Gasteiger partial charge in [-0.15, -0.1) is 0 Å². The summed E-state index contributed by atoms with van der Waals surface area (Å²) in [4.78, 5) is 11.0. The first-order valence-corrected chi connectivity index (χ1v) is 8.34. The number of hydrogen-bond donors (Lipinski definition) is 1. The van der Waals surface area contributed by atoms with Gasteiger partial charge >= 0.3 is 5.97 Å². The molecule has 0 spiro atoms. The maximum absolute atomic E-state index is 11.0. The van der Waals surface area contributed by atoms with Gasteiger partial charge in [-0.05, 0) is 65.4 Å². The number of carbonyl (C=O) groups is 1. The molecule has 120 valence electrons. The number of rotatable bonds is 3. The number of benzene rings is 1. The molecule has 2 heteroatoms. The summed E-state index contributed by atoms with van der Waals surface area (Å²) in [6, 6.07) is 6.71. The Hall–Kier alpha value is -2.09. The molecule has 23 heavy (non-hydrogen) atoms. The minimum atomic E-state index is -0.818. The number of allylic oxidation sites excluding steroid dienone is 4. The van der Waals surface area contributed by atoms with Crippen LogP contribution >= 0.6 is 0 Å². The topological polar surface area (TPSA) is 37.3 Å². The Balaban J connectivity index is 1.91. The molecule has 3 rings (SSSR count). The Kier molecular flexibility index (Phi) is 4.01. The van der Waals surface area contributed by atoms with E-state index in [0.29, 0.717) is 12.0 Å². The molecule has 0 aromatic heterocycles. The largest absolute Gasteiger partial charge is 0.478 e. The number of carboxylic acids is 1. The average molecular weight is 308 g/mol. The van der Waals surface area contributed by atoms with Gasteiger partial charge in [0.05, 0.1) is 0 Å². The number of fused-ring (bicyclic) bond motifs is 1. The van der Waals surface area contributed by atoms with Gasteiger partial charge in [-0.3, -0.25) is 0 Å². The van der Waals surface area contributed by atoms with E-state index in [1.54, 1.807) is 6.08 Å². The summed E-state index contributed by atoms with van der Waals surface area (Å²) in [7, 11) is 0. The fourth-order valence-electron chi connectivity index (χ4n) is 3.72. The second-order valence-electron chi connectivity index (χ2n) is 7.28. The van der Waals surface area contributed by atoms with Crippen LogP contribution in [0.4, 0.5) is 0 Å². The van der Waals surface area contributed by atoms with Crippen LogP contribution in [0.5, 0.6) is 0 Å². The standard InChI is InChI=1S/C21H24O2/c1-14(15-6-9-17(10-7-15)20(22)23)18-11-8-16-5-4-12-21(2,3)19(16)13-18/h6,8-9,11,13H,1,4-5,7,10,12H2,2-3H3,(H,22,23). The zero-order valence-corrected chi connectivity index (χ0v) is 14.0. The zero-order valence-electron chi connectivity index (χ0n) is 14.0. The maximum Gasteiger partial charge on any atom is 0.331 e. The Morgan fingerprint density at radius 1 is 1.13 bits per heavy atom. The summed E-state index contributed by atoms with van der Waals surface area (Å²) in [5.41, 5.74) is 6.94. The molecule has 1 aromatic rings. The second-order valence-corrected chi connectivity index (χ2v) is 7.28. The molecule has 0 unspecified atom stereocenters.